The number of ether oxygens (including phenoxy) is 2. The molecule has 0 saturated carbocycles. The molecular weight excluding hydrogens is 589 g/mol. The summed E-state index contributed by atoms with van der Waals surface area (Å²) in [6.07, 6.45) is 7.09. The first-order valence-corrected chi connectivity index (χ1v) is 14.6. The average Bonchev–Trinajstić information content (AvgIpc) is 3.54. The number of halogens is 3. The third-order valence-corrected chi connectivity index (χ3v) is 8.50. The van der Waals surface area contributed by atoms with E-state index in [1.54, 1.807) is 0 Å². The van der Waals surface area contributed by atoms with E-state index >= 15 is 4.39 Å². The lowest BCUT2D eigenvalue weighted by molar-refractivity contribution is -0.118. The lowest BCUT2D eigenvalue weighted by Crippen LogP contribution is -2.43. The molecule has 10 nitrogen and oxygen atoms in total. The molecule has 2 saturated heterocycles. The highest BCUT2D eigenvalue weighted by atomic mass is 19.1. The van der Waals surface area contributed by atoms with E-state index in [9.17, 15) is 18.7 Å². The van der Waals surface area contributed by atoms with E-state index in [0.717, 1.165) is 19.4 Å². The Bertz CT molecular complexity index is 1870. The number of terminal acetylenes is 1. The number of benzene rings is 2. The minimum Gasteiger partial charge on any atom is -0.508 e. The van der Waals surface area contributed by atoms with Crippen LogP contribution in [-0.4, -0.2) is 75.9 Å². The predicted octanol–water partition coefficient (Wildman–Crippen LogP) is 4.45. The van der Waals surface area contributed by atoms with Crippen LogP contribution in [0, 0.1) is 24.0 Å². The van der Waals surface area contributed by atoms with Gasteiger partial charge in [-0.1, -0.05) is 12.0 Å². The van der Waals surface area contributed by atoms with Crippen molar-refractivity contribution in [2.45, 2.75) is 43.8 Å². The van der Waals surface area contributed by atoms with Crippen LogP contribution in [0.2, 0.25) is 0 Å². The van der Waals surface area contributed by atoms with Gasteiger partial charge in [-0.15, -0.1) is 6.42 Å². The normalized spacial score (nSPS) is 19.5. The molecule has 0 unspecified atom stereocenters. The number of carbonyl (C=O) groups is 1. The van der Waals surface area contributed by atoms with Crippen LogP contribution in [0.15, 0.2) is 24.3 Å². The summed E-state index contributed by atoms with van der Waals surface area (Å²) in [5.41, 5.74) is 4.12. The van der Waals surface area contributed by atoms with Gasteiger partial charge in [-0.05, 0) is 49.4 Å². The summed E-state index contributed by atoms with van der Waals surface area (Å²) < 4.78 is 57.5. The summed E-state index contributed by atoms with van der Waals surface area (Å²) in [4.78, 5) is 26.7. The highest BCUT2D eigenvalue weighted by Gasteiger charge is 2.49. The summed E-state index contributed by atoms with van der Waals surface area (Å²) in [7, 11) is 1.33. The van der Waals surface area contributed by atoms with E-state index < -0.39 is 29.3 Å². The number of hydrogen-bond donors (Lipinski definition) is 3. The smallest absolute Gasteiger partial charge is 0.319 e. The minimum atomic E-state index is -0.973. The highest BCUT2D eigenvalue weighted by molar-refractivity contribution is 6.04. The van der Waals surface area contributed by atoms with Crippen LogP contribution in [0.5, 0.6) is 17.6 Å². The molecule has 2 aliphatic rings. The van der Waals surface area contributed by atoms with Crippen LogP contribution < -0.4 is 20.5 Å². The molecule has 0 radical (unpaired) electrons. The van der Waals surface area contributed by atoms with Crippen molar-refractivity contribution in [3.05, 3.63) is 41.5 Å². The topological polar surface area (TPSA) is 136 Å². The summed E-state index contributed by atoms with van der Waals surface area (Å²) in [6.45, 7) is 1.42. The van der Waals surface area contributed by atoms with Crippen LogP contribution in [0.3, 0.4) is 0 Å². The number of methoxy groups -OCH3 is 1. The molecule has 1 amide bonds. The Morgan fingerprint density at radius 3 is 2.84 bits per heavy atom. The zero-order valence-electron chi connectivity index (χ0n) is 24.5. The van der Waals surface area contributed by atoms with Crippen LogP contribution in [0.4, 0.5) is 19.0 Å². The van der Waals surface area contributed by atoms with Crippen molar-refractivity contribution >= 4 is 33.4 Å². The number of fused-ring (bicyclic) bond motifs is 3. The summed E-state index contributed by atoms with van der Waals surface area (Å²) in [6, 6.07) is 5.04. The van der Waals surface area contributed by atoms with Crippen molar-refractivity contribution in [3.63, 3.8) is 0 Å². The molecule has 2 aromatic heterocycles. The van der Waals surface area contributed by atoms with Gasteiger partial charge in [0.05, 0.1) is 18.2 Å². The van der Waals surface area contributed by atoms with Gasteiger partial charge in [0, 0.05) is 36.9 Å². The molecule has 0 spiro atoms. The first-order chi connectivity index (χ1) is 21.6. The summed E-state index contributed by atoms with van der Waals surface area (Å²) in [5.74, 6) is 0.0377. The van der Waals surface area contributed by atoms with Crippen molar-refractivity contribution < 1.29 is 32.5 Å². The number of primary amides is 1. The first-order valence-electron chi connectivity index (χ1n) is 14.6. The highest BCUT2D eigenvalue weighted by Crippen LogP contribution is 2.43. The molecule has 2 aromatic carbocycles. The fourth-order valence-corrected chi connectivity index (χ4v) is 6.51. The van der Waals surface area contributed by atoms with Crippen molar-refractivity contribution in [2.24, 2.45) is 5.73 Å². The van der Waals surface area contributed by atoms with Gasteiger partial charge in [0.15, 0.2) is 5.82 Å². The van der Waals surface area contributed by atoms with Gasteiger partial charge >= 0.3 is 6.01 Å². The molecule has 13 heteroatoms. The third kappa shape index (κ3) is 5.50. The van der Waals surface area contributed by atoms with Crippen LogP contribution in [0.1, 0.15) is 37.7 Å². The molecule has 45 heavy (non-hydrogen) atoms. The van der Waals surface area contributed by atoms with Gasteiger partial charge in [-0.3, -0.25) is 9.69 Å². The average molecular weight is 621 g/mol. The Labute approximate surface area is 256 Å². The Balaban J connectivity index is 1.51. The van der Waals surface area contributed by atoms with Crippen molar-refractivity contribution in [3.8, 4) is 41.2 Å². The van der Waals surface area contributed by atoms with Gasteiger partial charge in [0.25, 0.3) is 0 Å². The second-order valence-electron chi connectivity index (χ2n) is 11.4. The van der Waals surface area contributed by atoms with Crippen LogP contribution in [0.25, 0.3) is 32.9 Å². The molecule has 0 bridgehead atoms. The van der Waals surface area contributed by atoms with Crippen molar-refractivity contribution in [1.29, 1.82) is 0 Å². The van der Waals surface area contributed by atoms with E-state index in [1.807, 2.05) is 0 Å². The second kappa shape index (κ2) is 11.9. The maximum atomic E-state index is 16.7. The maximum absolute atomic E-state index is 16.7. The number of nitrogens with one attached hydrogen (secondary N) is 1. The number of alkyl halides is 1. The van der Waals surface area contributed by atoms with Crippen molar-refractivity contribution in [1.82, 2.24) is 19.9 Å². The Hall–Kier alpha value is -4.83. The van der Waals surface area contributed by atoms with Gasteiger partial charge in [0.1, 0.15) is 46.8 Å². The molecular formula is C32H31F3N6O4. The number of rotatable bonds is 10. The van der Waals surface area contributed by atoms with E-state index in [-0.39, 0.29) is 76.1 Å². The van der Waals surface area contributed by atoms with Crippen LogP contribution in [-0.2, 0) is 4.79 Å². The zero-order chi connectivity index (χ0) is 31.9. The minimum absolute atomic E-state index is 0.0210. The second-order valence-corrected chi connectivity index (χ2v) is 11.4. The monoisotopic (exact) mass is 620 g/mol. The van der Waals surface area contributed by atoms with Gasteiger partial charge in [-0.25, -0.2) is 18.2 Å². The SMILES string of the molecule is C#Cc1c(F)ccc2cc(O)cc(-c3nc(OC)c4c(NCCCC(N)=O)nc(OC[C@@]56CCCN5C[C@H](F)C6)nc4c3F)c12. The van der Waals surface area contributed by atoms with Gasteiger partial charge in [0.2, 0.25) is 11.8 Å². The van der Waals surface area contributed by atoms with E-state index in [4.69, 9.17) is 21.6 Å². The maximum Gasteiger partial charge on any atom is 0.319 e. The first kappa shape index (κ1) is 30.2. The van der Waals surface area contributed by atoms with Gasteiger partial charge in [-0.2, -0.15) is 9.97 Å². The lowest BCUT2D eigenvalue weighted by atomic mass is 9.95. The Morgan fingerprint density at radius 1 is 1.27 bits per heavy atom. The van der Waals surface area contributed by atoms with Crippen LogP contribution >= 0.6 is 0 Å². The molecule has 234 valence electrons. The number of aromatic hydroxyl groups is 1. The largest absolute Gasteiger partial charge is 0.508 e. The van der Waals surface area contributed by atoms with Gasteiger partial charge < -0.3 is 25.6 Å². The lowest BCUT2D eigenvalue weighted by Gasteiger charge is -2.30. The standard InChI is InChI=1S/C32H31F3N6O4/c1-3-20-22(34)8-7-17-12-19(42)13-21(24(17)20)27-26(35)28-25(30(38-27)44-2)29(37-10-4-6-23(36)43)40-31(39-28)45-16-32-9-5-11-41(32)15-18(33)14-32/h1,7-8,12-13,18,42H,4-6,9-11,14-16H2,2H3,(H2,36,43)(H,37,39,40)/t18-,32+/m1/s1. The Kier molecular flexibility index (Phi) is 8.01. The van der Waals surface area contributed by atoms with E-state index in [2.05, 4.69) is 31.1 Å². The molecule has 4 heterocycles. The zero-order valence-corrected chi connectivity index (χ0v) is 24.5. The molecule has 2 atom stereocenters. The number of nitrogens with two attached hydrogens (primary N) is 1. The molecule has 4 N–H and O–H groups in total. The third-order valence-electron chi connectivity index (χ3n) is 8.50. The number of phenolic OH excluding ortho intramolecular Hbond substituents is 1. The van der Waals surface area contributed by atoms with E-state index in [0.29, 0.717) is 24.8 Å². The molecule has 6 rings (SSSR count). The number of carbonyl (C=O) groups excluding carboxylic acids is 1. The quantitative estimate of drug-likeness (QED) is 0.174. The van der Waals surface area contributed by atoms with Crippen molar-refractivity contribution in [2.75, 3.05) is 38.7 Å². The number of pyridine rings is 1. The molecule has 0 aliphatic carbocycles. The molecule has 2 aliphatic heterocycles. The number of amides is 1. The predicted molar refractivity (Wildman–Crippen MR) is 162 cm³/mol. The number of aromatic nitrogens is 3. The fourth-order valence-electron chi connectivity index (χ4n) is 6.51. The summed E-state index contributed by atoms with van der Waals surface area (Å²) in [5, 5.41) is 14.2. The number of nitrogens with zero attached hydrogens (tertiary/aromatic N) is 4. The molecule has 2 fully saturated rings. The molecule has 4 aromatic rings. The number of hydrogen-bond acceptors (Lipinski definition) is 9. The number of phenols is 1. The fraction of sp³-hybridized carbons (Fsp3) is 0.375. The Morgan fingerprint density at radius 2 is 2.09 bits per heavy atom. The summed E-state index contributed by atoms with van der Waals surface area (Å²) >= 11 is 0. The number of anilines is 1. The van der Waals surface area contributed by atoms with E-state index in [1.165, 1.54) is 31.4 Å².